The van der Waals surface area contributed by atoms with Gasteiger partial charge in [0.25, 0.3) is 5.56 Å². The van der Waals surface area contributed by atoms with Crippen molar-refractivity contribution < 1.29 is 4.74 Å². The van der Waals surface area contributed by atoms with Crippen LogP contribution in [0.25, 0.3) is 0 Å². The third-order valence-corrected chi connectivity index (χ3v) is 2.08. The Morgan fingerprint density at radius 1 is 1.42 bits per heavy atom. The molecule has 0 fully saturated rings. The van der Waals surface area contributed by atoms with Crippen LogP contribution in [0.4, 0.5) is 0 Å². The van der Waals surface area contributed by atoms with Crippen LogP contribution in [0.1, 0.15) is 11.3 Å². The predicted octanol–water partition coefficient (Wildman–Crippen LogP) is 0.505. The van der Waals surface area contributed by atoms with E-state index in [0.29, 0.717) is 24.4 Å². The fourth-order valence-electron chi connectivity index (χ4n) is 1.30. The van der Waals surface area contributed by atoms with Gasteiger partial charge in [-0.1, -0.05) is 0 Å². The maximum atomic E-state index is 11.3. The fraction of sp³-hybridized carbons (Fsp3) is 0.429. The van der Waals surface area contributed by atoms with Crippen molar-refractivity contribution in [1.29, 1.82) is 0 Å². The Morgan fingerprint density at radius 3 is 3.08 bits per heavy atom. The van der Waals surface area contributed by atoms with Crippen molar-refractivity contribution in [2.24, 2.45) is 0 Å². The van der Waals surface area contributed by atoms with Gasteiger partial charge in [0, 0.05) is 12.0 Å². The van der Waals surface area contributed by atoms with Gasteiger partial charge in [0.2, 0.25) is 0 Å². The van der Waals surface area contributed by atoms with E-state index in [2.05, 4.69) is 9.97 Å². The summed E-state index contributed by atoms with van der Waals surface area (Å²) in [5, 5.41) is 0. The average Bonchev–Trinajstić information content (AvgIpc) is 2.04. The molecule has 0 bridgehead atoms. The van der Waals surface area contributed by atoms with Gasteiger partial charge in [0.1, 0.15) is 0 Å². The molecule has 0 radical (unpaired) electrons. The van der Waals surface area contributed by atoms with Gasteiger partial charge in [-0.2, -0.15) is 0 Å². The summed E-state index contributed by atoms with van der Waals surface area (Å²) >= 11 is 4.82. The van der Waals surface area contributed by atoms with E-state index < -0.39 is 0 Å². The molecule has 0 unspecified atom stereocenters. The minimum atomic E-state index is -0.0861. The molecular weight excluding hydrogens is 176 g/mol. The molecule has 1 aliphatic heterocycles. The van der Waals surface area contributed by atoms with Gasteiger partial charge in [-0.15, -0.1) is 0 Å². The lowest BCUT2D eigenvalue weighted by molar-refractivity contribution is 0.106. The molecule has 0 atom stereocenters. The molecule has 0 saturated heterocycles. The van der Waals surface area contributed by atoms with E-state index in [0.717, 1.165) is 11.3 Å². The monoisotopic (exact) mass is 184 g/mol. The van der Waals surface area contributed by atoms with Crippen LogP contribution in [-0.2, 0) is 17.8 Å². The first-order valence-corrected chi connectivity index (χ1v) is 4.10. The Bertz CT molecular complexity index is 407. The van der Waals surface area contributed by atoms with Crippen LogP contribution in [0.2, 0.25) is 0 Å². The van der Waals surface area contributed by atoms with Gasteiger partial charge in [-0.25, -0.2) is 0 Å². The highest BCUT2D eigenvalue weighted by Gasteiger charge is 2.12. The topological polar surface area (TPSA) is 57.9 Å². The molecule has 0 aliphatic carbocycles. The lowest BCUT2D eigenvalue weighted by Crippen LogP contribution is -2.23. The largest absolute Gasteiger partial charge is 0.375 e. The number of nitrogens with one attached hydrogen (secondary N) is 2. The highest BCUT2D eigenvalue weighted by atomic mass is 32.1. The number of aromatic amines is 2. The van der Waals surface area contributed by atoms with Crippen molar-refractivity contribution in [3.8, 4) is 0 Å². The summed E-state index contributed by atoms with van der Waals surface area (Å²) in [7, 11) is 0. The number of hydrogen-bond donors (Lipinski definition) is 2. The molecule has 2 heterocycles. The Morgan fingerprint density at radius 2 is 2.25 bits per heavy atom. The highest BCUT2D eigenvalue weighted by Crippen LogP contribution is 2.08. The highest BCUT2D eigenvalue weighted by molar-refractivity contribution is 7.71. The zero-order valence-corrected chi connectivity index (χ0v) is 7.16. The number of H-pyrrole nitrogens is 2. The summed E-state index contributed by atoms with van der Waals surface area (Å²) in [6.07, 6.45) is 0.663. The van der Waals surface area contributed by atoms with Crippen LogP contribution in [0.3, 0.4) is 0 Å². The van der Waals surface area contributed by atoms with E-state index >= 15 is 0 Å². The molecule has 1 aliphatic rings. The Labute approximate surface area is 73.6 Å². The third-order valence-electron chi connectivity index (χ3n) is 1.87. The standard InChI is InChI=1S/C7H8N2O2S/c10-6-4-1-2-11-3-5(4)8-7(12)9-6/h1-3H2,(H2,8,9,10,12). The van der Waals surface area contributed by atoms with Crippen molar-refractivity contribution in [2.45, 2.75) is 13.0 Å². The minimum Gasteiger partial charge on any atom is -0.375 e. The number of fused-ring (bicyclic) bond motifs is 1. The van der Waals surface area contributed by atoms with Crippen molar-refractivity contribution in [3.05, 3.63) is 26.4 Å². The van der Waals surface area contributed by atoms with Crippen molar-refractivity contribution in [3.63, 3.8) is 0 Å². The average molecular weight is 184 g/mol. The lowest BCUT2D eigenvalue weighted by Gasteiger charge is -2.14. The number of hydrogen-bond acceptors (Lipinski definition) is 3. The zero-order valence-electron chi connectivity index (χ0n) is 6.35. The van der Waals surface area contributed by atoms with Gasteiger partial charge in [0.15, 0.2) is 4.77 Å². The minimum absolute atomic E-state index is 0.0861. The molecule has 1 aromatic heterocycles. The van der Waals surface area contributed by atoms with E-state index in [-0.39, 0.29) is 5.56 Å². The molecule has 5 heteroatoms. The Hall–Kier alpha value is -0.940. The smallest absolute Gasteiger partial charge is 0.255 e. The summed E-state index contributed by atoms with van der Waals surface area (Å²) in [4.78, 5) is 16.7. The fourth-order valence-corrected chi connectivity index (χ4v) is 1.51. The summed E-state index contributed by atoms with van der Waals surface area (Å²) in [5.74, 6) is 0. The molecule has 1 aromatic rings. The van der Waals surface area contributed by atoms with E-state index in [1.807, 2.05) is 0 Å². The van der Waals surface area contributed by atoms with Gasteiger partial charge in [-0.3, -0.25) is 9.78 Å². The Kier molecular flexibility index (Phi) is 1.82. The second-order valence-corrected chi connectivity index (χ2v) is 3.08. The summed E-state index contributed by atoms with van der Waals surface area (Å²) < 4.78 is 5.54. The number of aromatic nitrogens is 2. The van der Waals surface area contributed by atoms with Gasteiger partial charge in [0.05, 0.1) is 18.9 Å². The molecular formula is C7H8N2O2S. The van der Waals surface area contributed by atoms with E-state index in [1.54, 1.807) is 0 Å². The first kappa shape index (κ1) is 7.70. The molecule has 12 heavy (non-hydrogen) atoms. The van der Waals surface area contributed by atoms with Crippen LogP contribution >= 0.6 is 12.2 Å². The SMILES string of the molecule is O=c1[nH]c(=S)[nH]c2c1CCOC2. The first-order chi connectivity index (χ1) is 5.77. The maximum absolute atomic E-state index is 11.3. The number of rotatable bonds is 0. The molecule has 64 valence electrons. The summed E-state index contributed by atoms with van der Waals surface area (Å²) in [6, 6.07) is 0. The summed E-state index contributed by atoms with van der Waals surface area (Å²) in [5.41, 5.74) is 1.50. The van der Waals surface area contributed by atoms with Crippen LogP contribution in [0.5, 0.6) is 0 Å². The zero-order chi connectivity index (χ0) is 8.55. The van der Waals surface area contributed by atoms with E-state index in [4.69, 9.17) is 17.0 Å². The maximum Gasteiger partial charge on any atom is 0.255 e. The van der Waals surface area contributed by atoms with Crippen LogP contribution in [0.15, 0.2) is 4.79 Å². The van der Waals surface area contributed by atoms with E-state index in [1.165, 1.54) is 0 Å². The van der Waals surface area contributed by atoms with E-state index in [9.17, 15) is 4.79 Å². The summed E-state index contributed by atoms with van der Waals surface area (Å²) in [6.45, 7) is 1.07. The van der Waals surface area contributed by atoms with Crippen molar-refractivity contribution >= 4 is 12.2 Å². The quantitative estimate of drug-likeness (QED) is 0.577. The normalized spacial score (nSPS) is 15.7. The molecule has 4 nitrogen and oxygen atoms in total. The first-order valence-electron chi connectivity index (χ1n) is 3.69. The van der Waals surface area contributed by atoms with Crippen molar-refractivity contribution in [1.82, 2.24) is 9.97 Å². The van der Waals surface area contributed by atoms with Crippen molar-refractivity contribution in [2.75, 3.05) is 6.61 Å². The molecule has 2 rings (SSSR count). The van der Waals surface area contributed by atoms with Crippen LogP contribution in [0, 0.1) is 4.77 Å². The predicted molar refractivity (Wildman–Crippen MR) is 45.6 cm³/mol. The molecule has 0 amide bonds. The third kappa shape index (κ3) is 1.21. The van der Waals surface area contributed by atoms with Gasteiger partial charge in [-0.05, 0) is 12.2 Å². The lowest BCUT2D eigenvalue weighted by atomic mass is 10.1. The van der Waals surface area contributed by atoms with Crippen LogP contribution in [-0.4, -0.2) is 16.6 Å². The number of ether oxygens (including phenoxy) is 1. The molecule has 2 N–H and O–H groups in total. The molecule has 0 aromatic carbocycles. The Balaban J connectivity index is 2.68. The van der Waals surface area contributed by atoms with Gasteiger partial charge < -0.3 is 9.72 Å². The molecule has 0 spiro atoms. The van der Waals surface area contributed by atoms with Gasteiger partial charge >= 0.3 is 0 Å². The van der Waals surface area contributed by atoms with Crippen LogP contribution < -0.4 is 5.56 Å². The second kappa shape index (κ2) is 2.84. The molecule has 0 saturated carbocycles. The second-order valence-electron chi connectivity index (χ2n) is 2.67.